The Morgan fingerprint density at radius 1 is 1.00 bits per heavy atom. The lowest BCUT2D eigenvalue weighted by molar-refractivity contribution is -0.136. The van der Waals surface area contributed by atoms with Gasteiger partial charge in [0.25, 0.3) is 11.8 Å². The molecular formula is C26H24N6O4. The minimum absolute atomic E-state index is 0.0915. The molecule has 0 saturated carbocycles. The van der Waals surface area contributed by atoms with Crippen molar-refractivity contribution in [1.82, 2.24) is 19.8 Å². The number of nitrogens with zero attached hydrogens (tertiary/aromatic N) is 4. The molecule has 1 aromatic heterocycles. The number of nitrogen functional groups attached to an aromatic ring is 1. The van der Waals surface area contributed by atoms with Crippen molar-refractivity contribution >= 4 is 35.3 Å². The molecule has 1 atom stereocenters. The summed E-state index contributed by atoms with van der Waals surface area (Å²) in [5, 5.41) is 2.22. The lowest BCUT2D eigenvalue weighted by Crippen LogP contribution is -2.54. The minimum atomic E-state index is -0.974. The van der Waals surface area contributed by atoms with Crippen molar-refractivity contribution in [2.24, 2.45) is 0 Å². The Morgan fingerprint density at radius 2 is 1.83 bits per heavy atom. The SMILES string of the molecule is Nc1cccc(-c2cn3c(n2)N(Cc2ccc4c(c2)C(=O)N(C2CCC(=O)NC2=O)C4=O)CCC3)c1. The topological polar surface area (TPSA) is 131 Å². The number of piperidine rings is 1. The number of fused-ring (bicyclic) bond motifs is 2. The summed E-state index contributed by atoms with van der Waals surface area (Å²) in [7, 11) is 0. The molecule has 1 unspecified atom stereocenters. The number of hydrogen-bond acceptors (Lipinski definition) is 7. The van der Waals surface area contributed by atoms with Gasteiger partial charge < -0.3 is 15.2 Å². The molecule has 0 spiro atoms. The highest BCUT2D eigenvalue weighted by Crippen LogP contribution is 2.31. The molecular weight excluding hydrogens is 460 g/mol. The predicted molar refractivity (Wildman–Crippen MR) is 131 cm³/mol. The van der Waals surface area contributed by atoms with Gasteiger partial charge in [0.15, 0.2) is 0 Å². The summed E-state index contributed by atoms with van der Waals surface area (Å²) in [6.07, 6.45) is 3.20. The highest BCUT2D eigenvalue weighted by atomic mass is 16.2. The highest BCUT2D eigenvalue weighted by molar-refractivity contribution is 6.23. The van der Waals surface area contributed by atoms with Crippen LogP contribution >= 0.6 is 0 Å². The molecule has 0 bridgehead atoms. The normalized spacial score (nSPS) is 19.4. The van der Waals surface area contributed by atoms with Crippen LogP contribution in [0.3, 0.4) is 0 Å². The van der Waals surface area contributed by atoms with E-state index in [0.717, 1.165) is 47.2 Å². The lowest BCUT2D eigenvalue weighted by atomic mass is 10.0. The quantitative estimate of drug-likeness (QED) is 0.427. The second-order valence-corrected chi connectivity index (χ2v) is 9.35. The molecule has 3 N–H and O–H groups in total. The van der Waals surface area contributed by atoms with Crippen LogP contribution in [0.4, 0.5) is 11.6 Å². The number of hydrogen-bond donors (Lipinski definition) is 2. The van der Waals surface area contributed by atoms with Gasteiger partial charge in [0.1, 0.15) is 6.04 Å². The standard InChI is InChI=1S/C26H24N6O4/c27-17-4-1-3-16(12-17)20-14-31-10-2-9-30(26(31)28-20)13-15-5-6-18-19(11-15)25(36)32(24(18)35)21-7-8-22(33)29-23(21)34/h1,3-6,11-12,14,21H,2,7-10,13,27H2,(H,29,33,34). The van der Waals surface area contributed by atoms with Gasteiger partial charge in [-0.2, -0.15) is 0 Å². The number of imidazole rings is 1. The number of amides is 4. The smallest absolute Gasteiger partial charge is 0.262 e. The van der Waals surface area contributed by atoms with Crippen molar-refractivity contribution in [1.29, 1.82) is 0 Å². The van der Waals surface area contributed by atoms with E-state index in [1.807, 2.05) is 36.5 Å². The van der Waals surface area contributed by atoms with Gasteiger partial charge in [-0.25, -0.2) is 4.98 Å². The summed E-state index contributed by atoms with van der Waals surface area (Å²) < 4.78 is 2.12. The number of imide groups is 2. The van der Waals surface area contributed by atoms with Gasteiger partial charge >= 0.3 is 0 Å². The Labute approximate surface area is 206 Å². The maximum absolute atomic E-state index is 13.2. The third-order valence-corrected chi connectivity index (χ3v) is 6.93. The Morgan fingerprint density at radius 3 is 2.64 bits per heavy atom. The van der Waals surface area contributed by atoms with Crippen LogP contribution in [0.1, 0.15) is 45.5 Å². The fraction of sp³-hybridized carbons (Fsp3) is 0.269. The summed E-state index contributed by atoms with van der Waals surface area (Å²) in [5.74, 6) is -1.18. The van der Waals surface area contributed by atoms with Gasteiger partial charge in [0.2, 0.25) is 17.8 Å². The third-order valence-electron chi connectivity index (χ3n) is 6.93. The van der Waals surface area contributed by atoms with Gasteiger partial charge in [0.05, 0.1) is 16.8 Å². The van der Waals surface area contributed by atoms with E-state index in [9.17, 15) is 19.2 Å². The van der Waals surface area contributed by atoms with Crippen LogP contribution in [0, 0.1) is 0 Å². The first-order valence-electron chi connectivity index (χ1n) is 11.9. The van der Waals surface area contributed by atoms with E-state index in [-0.39, 0.29) is 24.0 Å². The van der Waals surface area contributed by atoms with Crippen LogP contribution in [0.15, 0.2) is 48.7 Å². The summed E-state index contributed by atoms with van der Waals surface area (Å²) >= 11 is 0. The Bertz CT molecular complexity index is 1440. The Kier molecular flexibility index (Phi) is 5.10. The maximum atomic E-state index is 13.2. The monoisotopic (exact) mass is 484 g/mol. The van der Waals surface area contributed by atoms with E-state index in [1.165, 1.54) is 0 Å². The van der Waals surface area contributed by atoms with E-state index in [2.05, 4.69) is 14.8 Å². The fourth-order valence-electron chi connectivity index (χ4n) is 5.18. The van der Waals surface area contributed by atoms with Crippen molar-refractivity contribution in [3.8, 4) is 11.3 Å². The zero-order valence-electron chi connectivity index (χ0n) is 19.4. The number of aromatic nitrogens is 2. The summed E-state index contributed by atoms with van der Waals surface area (Å²) in [6, 6.07) is 11.8. The second-order valence-electron chi connectivity index (χ2n) is 9.35. The highest BCUT2D eigenvalue weighted by Gasteiger charge is 2.44. The second kappa shape index (κ2) is 8.33. The largest absolute Gasteiger partial charge is 0.399 e. The van der Waals surface area contributed by atoms with Gasteiger partial charge in [-0.15, -0.1) is 0 Å². The molecule has 0 aliphatic carbocycles. The van der Waals surface area contributed by atoms with Gasteiger partial charge in [-0.3, -0.25) is 29.4 Å². The Hall–Kier alpha value is -4.47. The summed E-state index contributed by atoms with van der Waals surface area (Å²) in [6.45, 7) is 2.18. The van der Waals surface area contributed by atoms with Crippen molar-refractivity contribution in [3.63, 3.8) is 0 Å². The first-order valence-corrected chi connectivity index (χ1v) is 11.9. The molecule has 10 heteroatoms. The van der Waals surface area contributed by atoms with Crippen molar-refractivity contribution in [2.75, 3.05) is 17.2 Å². The number of anilines is 2. The fourth-order valence-corrected chi connectivity index (χ4v) is 5.18. The van der Waals surface area contributed by atoms with Crippen molar-refractivity contribution < 1.29 is 19.2 Å². The number of nitrogens with one attached hydrogen (secondary N) is 1. The molecule has 10 nitrogen and oxygen atoms in total. The number of carbonyl (C=O) groups is 4. The third kappa shape index (κ3) is 3.62. The van der Waals surface area contributed by atoms with Crippen LogP contribution in [0.25, 0.3) is 11.3 Å². The molecule has 1 fully saturated rings. The zero-order valence-corrected chi connectivity index (χ0v) is 19.4. The van der Waals surface area contributed by atoms with Gasteiger partial charge in [-0.05, 0) is 42.7 Å². The molecule has 0 radical (unpaired) electrons. The lowest BCUT2D eigenvalue weighted by Gasteiger charge is -2.29. The average molecular weight is 485 g/mol. The number of aryl methyl sites for hydroxylation is 1. The van der Waals surface area contributed by atoms with Gasteiger partial charge in [0, 0.05) is 43.5 Å². The molecule has 6 rings (SSSR count). The van der Waals surface area contributed by atoms with Crippen LogP contribution < -0.4 is 16.0 Å². The minimum Gasteiger partial charge on any atom is -0.399 e. The van der Waals surface area contributed by atoms with Gasteiger partial charge in [-0.1, -0.05) is 18.2 Å². The first kappa shape index (κ1) is 22.0. The number of nitrogens with two attached hydrogens (primary N) is 1. The summed E-state index contributed by atoms with van der Waals surface area (Å²) in [5.41, 5.74) is 9.84. The molecule has 3 aromatic rings. The van der Waals surface area contributed by atoms with Crippen LogP contribution in [-0.4, -0.2) is 50.7 Å². The zero-order chi connectivity index (χ0) is 25.0. The van der Waals surface area contributed by atoms with Crippen LogP contribution in [0.5, 0.6) is 0 Å². The van der Waals surface area contributed by atoms with Crippen LogP contribution in [-0.2, 0) is 22.7 Å². The molecule has 182 valence electrons. The van der Waals surface area contributed by atoms with E-state index in [1.54, 1.807) is 12.1 Å². The molecule has 36 heavy (non-hydrogen) atoms. The molecule has 3 aliphatic rings. The summed E-state index contributed by atoms with van der Waals surface area (Å²) in [4.78, 5) is 57.9. The molecule has 2 aromatic carbocycles. The molecule has 3 aliphatic heterocycles. The maximum Gasteiger partial charge on any atom is 0.262 e. The first-order chi connectivity index (χ1) is 17.4. The molecule has 1 saturated heterocycles. The van der Waals surface area contributed by atoms with E-state index in [4.69, 9.17) is 10.7 Å². The van der Waals surface area contributed by atoms with Crippen molar-refractivity contribution in [3.05, 3.63) is 65.4 Å². The number of carbonyl (C=O) groups excluding carboxylic acids is 4. The Balaban J connectivity index is 1.25. The number of benzene rings is 2. The van der Waals surface area contributed by atoms with E-state index in [0.29, 0.717) is 12.2 Å². The average Bonchev–Trinajstić information content (AvgIpc) is 3.40. The molecule has 4 heterocycles. The predicted octanol–water partition coefficient (Wildman–Crippen LogP) is 1.94. The van der Waals surface area contributed by atoms with E-state index < -0.39 is 29.7 Å². The number of rotatable bonds is 4. The van der Waals surface area contributed by atoms with E-state index >= 15 is 0 Å². The van der Waals surface area contributed by atoms with Crippen molar-refractivity contribution in [2.45, 2.75) is 38.4 Å². The van der Waals surface area contributed by atoms with Crippen LogP contribution in [0.2, 0.25) is 0 Å². The molecule has 4 amide bonds.